The zero-order valence-corrected chi connectivity index (χ0v) is 8.42. The van der Waals surface area contributed by atoms with E-state index in [9.17, 15) is 10.0 Å². The minimum Gasteiger partial charge on any atom is -0.756 e. The Morgan fingerprint density at radius 3 is 2.46 bits per heavy atom. The van der Waals surface area contributed by atoms with Gasteiger partial charge in [0.25, 0.3) is 0 Å². The summed E-state index contributed by atoms with van der Waals surface area (Å²) >= 11 is 5.20. The number of halogens is 1. The Bertz CT molecular complexity index is 144. The number of amides is 1. The van der Waals surface area contributed by atoms with Crippen LogP contribution in [0.1, 0.15) is 25.7 Å². The minimum absolute atomic E-state index is 0.230. The lowest BCUT2D eigenvalue weighted by Gasteiger charge is -2.27. The molecule has 4 nitrogen and oxygen atoms in total. The third-order valence-corrected chi connectivity index (χ3v) is 1.94. The van der Waals surface area contributed by atoms with Crippen LogP contribution < -0.4 is 5.73 Å². The van der Waals surface area contributed by atoms with Crippen LogP contribution in [0.2, 0.25) is 0 Å². The maximum atomic E-state index is 10.9. The molecule has 0 radical (unpaired) electrons. The van der Waals surface area contributed by atoms with Gasteiger partial charge in [-0.1, -0.05) is 12.8 Å². The summed E-state index contributed by atoms with van der Waals surface area (Å²) in [6, 6.07) is 0. The van der Waals surface area contributed by atoms with Crippen LogP contribution in [0.15, 0.2) is 0 Å². The normalized spacial score (nSPS) is 10.1. The Balaban J connectivity index is 3.26. The van der Waals surface area contributed by atoms with Crippen molar-refractivity contribution in [1.82, 2.24) is 5.06 Å². The molecule has 0 spiro atoms. The first-order valence-electron chi connectivity index (χ1n) is 4.46. The van der Waals surface area contributed by atoms with E-state index in [1.54, 1.807) is 0 Å². The molecule has 0 atom stereocenters. The van der Waals surface area contributed by atoms with E-state index in [1.807, 2.05) is 0 Å². The first kappa shape index (κ1) is 12.7. The molecule has 5 heteroatoms. The average molecular weight is 208 g/mol. The van der Waals surface area contributed by atoms with Crippen LogP contribution in [-0.4, -0.2) is 29.9 Å². The first-order valence-corrected chi connectivity index (χ1v) is 4.99. The second-order valence-electron chi connectivity index (χ2n) is 2.83. The van der Waals surface area contributed by atoms with E-state index < -0.39 is 5.91 Å². The number of rotatable bonds is 7. The molecule has 78 valence electrons. The lowest BCUT2D eigenvalue weighted by Crippen LogP contribution is -2.26. The molecule has 1 amide bonds. The number of carbonyl (C=O) groups excluding carboxylic acids is 1. The quantitative estimate of drug-likeness (QED) is 0.386. The Hall–Kier alpha value is -0.320. The number of nitrogens with zero attached hydrogens (tertiary/aromatic N) is 1. The van der Waals surface area contributed by atoms with E-state index in [0.717, 1.165) is 25.7 Å². The van der Waals surface area contributed by atoms with Crippen LogP contribution in [0.3, 0.4) is 0 Å². The summed E-state index contributed by atoms with van der Waals surface area (Å²) in [5, 5.41) is 11.3. The molecule has 0 aliphatic rings. The van der Waals surface area contributed by atoms with Gasteiger partial charge in [-0.25, -0.2) is 0 Å². The van der Waals surface area contributed by atoms with E-state index in [1.165, 1.54) is 0 Å². The molecule has 0 aromatic rings. The van der Waals surface area contributed by atoms with Crippen LogP contribution in [0.4, 0.5) is 0 Å². The minimum atomic E-state index is -0.555. The molecule has 0 aliphatic heterocycles. The molecule has 0 aliphatic carbocycles. The molecule has 0 unspecified atom stereocenters. The van der Waals surface area contributed by atoms with Gasteiger partial charge in [0.15, 0.2) is 0 Å². The van der Waals surface area contributed by atoms with E-state index in [2.05, 4.69) is 0 Å². The van der Waals surface area contributed by atoms with Crippen molar-refractivity contribution in [2.45, 2.75) is 25.7 Å². The highest BCUT2D eigenvalue weighted by molar-refractivity contribution is 6.27. The summed E-state index contributed by atoms with van der Waals surface area (Å²) in [6.45, 7) is 0.928. The highest BCUT2D eigenvalue weighted by atomic mass is 35.5. The molecule has 0 aromatic carbocycles. The summed E-state index contributed by atoms with van der Waals surface area (Å²) < 4.78 is 0. The largest absolute Gasteiger partial charge is 0.756 e. The van der Waals surface area contributed by atoms with E-state index in [0.29, 0.717) is 11.6 Å². The molecule has 0 heterocycles. The Morgan fingerprint density at radius 1 is 1.31 bits per heavy atom. The monoisotopic (exact) mass is 207 g/mol. The predicted octanol–water partition coefficient (Wildman–Crippen LogP) is 1.07. The van der Waals surface area contributed by atoms with Crippen molar-refractivity contribution in [2.75, 3.05) is 19.0 Å². The Morgan fingerprint density at radius 2 is 1.92 bits per heavy atom. The van der Waals surface area contributed by atoms with Crippen LogP contribution in [0.25, 0.3) is 0 Å². The lowest BCUT2D eigenvalue weighted by atomic mass is 10.2. The van der Waals surface area contributed by atoms with Crippen LogP contribution in [-0.2, 0) is 4.79 Å². The van der Waals surface area contributed by atoms with E-state index in [-0.39, 0.29) is 12.4 Å². The third-order valence-electron chi connectivity index (χ3n) is 1.71. The molecule has 0 fully saturated rings. The second-order valence-corrected chi connectivity index (χ2v) is 3.10. The van der Waals surface area contributed by atoms with Crippen LogP contribution in [0, 0.1) is 5.21 Å². The molecule has 2 N–H and O–H groups in total. The summed E-state index contributed by atoms with van der Waals surface area (Å²) in [5.41, 5.74) is 5.30. The third kappa shape index (κ3) is 6.81. The fraction of sp³-hybridized carbons (Fsp3) is 0.875. The zero-order chi connectivity index (χ0) is 10.1. The number of alkyl halides is 1. The Labute approximate surface area is 83.6 Å². The summed E-state index contributed by atoms with van der Waals surface area (Å²) in [4.78, 5) is 10.7. The van der Waals surface area contributed by atoms with Crippen molar-refractivity contribution >= 4 is 17.5 Å². The van der Waals surface area contributed by atoms with Crippen molar-refractivity contribution in [3.63, 3.8) is 0 Å². The highest BCUT2D eigenvalue weighted by Crippen LogP contribution is 2.01. The predicted molar refractivity (Wildman–Crippen MR) is 53.3 cm³/mol. The molecule has 0 saturated carbocycles. The van der Waals surface area contributed by atoms with E-state index >= 15 is 0 Å². The second kappa shape index (κ2) is 8.29. The standard InChI is InChI=1S/C8H16ClN2O2/c9-7-8(12)11(13)6-4-2-1-3-5-10/h1-7,10H2/q-1. The number of unbranched alkanes of at least 4 members (excludes halogenated alkanes) is 3. The maximum absolute atomic E-state index is 10.9. The number of hydroxylamine groups is 2. The maximum Gasteiger partial charge on any atom is 0.226 e. The molecule has 0 aromatic heterocycles. The molecule has 0 bridgehead atoms. The topological polar surface area (TPSA) is 69.4 Å². The van der Waals surface area contributed by atoms with Gasteiger partial charge in [-0.05, 0) is 19.4 Å². The van der Waals surface area contributed by atoms with Gasteiger partial charge in [0.05, 0.1) is 0 Å². The van der Waals surface area contributed by atoms with Crippen molar-refractivity contribution < 1.29 is 4.79 Å². The average Bonchev–Trinajstić information content (AvgIpc) is 2.16. The fourth-order valence-electron chi connectivity index (χ4n) is 0.945. The number of nitrogens with two attached hydrogens (primary N) is 1. The number of hydrogen-bond acceptors (Lipinski definition) is 3. The Kier molecular flexibility index (Phi) is 8.08. The highest BCUT2D eigenvalue weighted by Gasteiger charge is 2.00. The van der Waals surface area contributed by atoms with Crippen molar-refractivity contribution in [2.24, 2.45) is 5.73 Å². The van der Waals surface area contributed by atoms with E-state index in [4.69, 9.17) is 17.3 Å². The fourth-order valence-corrected chi connectivity index (χ4v) is 1.08. The summed E-state index contributed by atoms with van der Waals surface area (Å²) in [7, 11) is 0. The van der Waals surface area contributed by atoms with Gasteiger partial charge in [-0.3, -0.25) is 4.79 Å². The smallest absolute Gasteiger partial charge is 0.226 e. The molecular formula is C8H16ClN2O2-. The molecule has 0 rings (SSSR count). The van der Waals surface area contributed by atoms with Gasteiger partial charge < -0.3 is 16.0 Å². The van der Waals surface area contributed by atoms with Gasteiger partial charge in [0.2, 0.25) is 5.91 Å². The number of hydrogen-bond donors (Lipinski definition) is 1. The van der Waals surface area contributed by atoms with Crippen molar-refractivity contribution in [1.29, 1.82) is 0 Å². The van der Waals surface area contributed by atoms with Crippen LogP contribution in [0.5, 0.6) is 0 Å². The van der Waals surface area contributed by atoms with Crippen molar-refractivity contribution in [3.05, 3.63) is 5.21 Å². The van der Waals surface area contributed by atoms with Gasteiger partial charge in [0, 0.05) is 6.54 Å². The van der Waals surface area contributed by atoms with Gasteiger partial charge in [-0.15, -0.1) is 11.6 Å². The summed E-state index contributed by atoms with van der Waals surface area (Å²) in [6.07, 6.45) is 3.65. The lowest BCUT2D eigenvalue weighted by molar-refractivity contribution is -0.126. The van der Waals surface area contributed by atoms with Crippen LogP contribution >= 0.6 is 11.6 Å². The molecule has 13 heavy (non-hydrogen) atoms. The van der Waals surface area contributed by atoms with Gasteiger partial charge >= 0.3 is 0 Å². The molecule has 0 saturated heterocycles. The van der Waals surface area contributed by atoms with Gasteiger partial charge in [-0.2, -0.15) is 0 Å². The summed E-state index contributed by atoms with van der Waals surface area (Å²) in [5.74, 6) is -0.785. The van der Waals surface area contributed by atoms with Crippen molar-refractivity contribution in [3.8, 4) is 0 Å². The first-order chi connectivity index (χ1) is 6.22. The SMILES string of the molecule is NCCCCCCN([O-])C(=O)CCl. The van der Waals surface area contributed by atoms with Gasteiger partial charge in [0.1, 0.15) is 5.88 Å². The molecular weight excluding hydrogens is 192 g/mol. The number of carbonyl (C=O) groups is 1. The zero-order valence-electron chi connectivity index (χ0n) is 7.67.